The van der Waals surface area contributed by atoms with Crippen LogP contribution in [0.4, 0.5) is 0 Å². The Hall–Kier alpha value is -0.770. The van der Waals surface area contributed by atoms with Crippen LogP contribution in [0.25, 0.3) is 10.9 Å². The summed E-state index contributed by atoms with van der Waals surface area (Å²) in [6.07, 6.45) is 1.80. The molecule has 3 nitrogen and oxygen atoms in total. The van der Waals surface area contributed by atoms with Crippen molar-refractivity contribution >= 4 is 35.7 Å². The van der Waals surface area contributed by atoms with Gasteiger partial charge in [-0.2, -0.15) is 5.10 Å². The molecule has 1 aromatic carbocycles. The van der Waals surface area contributed by atoms with Crippen LogP contribution in [0.1, 0.15) is 5.56 Å². The predicted molar refractivity (Wildman–Crippen MR) is 58.5 cm³/mol. The molecule has 0 radical (unpaired) electrons. The number of benzene rings is 1. The zero-order chi connectivity index (χ0) is 7.68. The highest BCUT2D eigenvalue weighted by Crippen LogP contribution is 2.11. The summed E-state index contributed by atoms with van der Waals surface area (Å²) in [5.74, 6) is 0. The third kappa shape index (κ3) is 2.34. The Morgan fingerprint density at radius 1 is 1.31 bits per heavy atom. The van der Waals surface area contributed by atoms with E-state index in [1.54, 1.807) is 6.20 Å². The van der Waals surface area contributed by atoms with Gasteiger partial charge in [0.1, 0.15) is 0 Å². The molecular formula is C8H11Cl2N3. The Morgan fingerprint density at radius 3 is 2.77 bits per heavy atom. The van der Waals surface area contributed by atoms with Gasteiger partial charge in [0.2, 0.25) is 0 Å². The molecule has 0 atom stereocenters. The van der Waals surface area contributed by atoms with E-state index in [9.17, 15) is 0 Å². The smallest absolute Gasteiger partial charge is 0.0650 e. The van der Waals surface area contributed by atoms with Crippen molar-refractivity contribution in [3.63, 3.8) is 0 Å². The van der Waals surface area contributed by atoms with Crippen LogP contribution in [0.15, 0.2) is 24.4 Å². The van der Waals surface area contributed by atoms with E-state index in [-0.39, 0.29) is 24.8 Å². The van der Waals surface area contributed by atoms with Gasteiger partial charge in [-0.15, -0.1) is 24.8 Å². The molecule has 2 rings (SSSR count). The highest BCUT2D eigenvalue weighted by Gasteiger charge is 1.94. The van der Waals surface area contributed by atoms with Crippen molar-refractivity contribution in [3.8, 4) is 0 Å². The number of hydrogen-bond donors (Lipinski definition) is 2. The molecule has 0 aliphatic rings. The summed E-state index contributed by atoms with van der Waals surface area (Å²) >= 11 is 0. The predicted octanol–water partition coefficient (Wildman–Crippen LogP) is 1.87. The molecule has 3 N–H and O–H groups in total. The minimum Gasteiger partial charge on any atom is -0.326 e. The van der Waals surface area contributed by atoms with E-state index >= 15 is 0 Å². The van der Waals surface area contributed by atoms with Gasteiger partial charge in [0.05, 0.1) is 11.7 Å². The average Bonchev–Trinajstić information content (AvgIpc) is 2.50. The molecule has 0 bridgehead atoms. The van der Waals surface area contributed by atoms with Gasteiger partial charge in [0.25, 0.3) is 0 Å². The van der Waals surface area contributed by atoms with Crippen molar-refractivity contribution in [1.82, 2.24) is 10.2 Å². The first-order valence-corrected chi connectivity index (χ1v) is 3.52. The van der Waals surface area contributed by atoms with Crippen LogP contribution < -0.4 is 5.73 Å². The lowest BCUT2D eigenvalue weighted by atomic mass is 10.2. The largest absolute Gasteiger partial charge is 0.326 e. The molecule has 13 heavy (non-hydrogen) atoms. The first kappa shape index (κ1) is 12.2. The number of hydrogen-bond acceptors (Lipinski definition) is 2. The van der Waals surface area contributed by atoms with Gasteiger partial charge in [0.15, 0.2) is 0 Å². The highest BCUT2D eigenvalue weighted by molar-refractivity contribution is 5.85. The number of aromatic amines is 1. The first-order valence-electron chi connectivity index (χ1n) is 3.52. The second-order valence-corrected chi connectivity index (χ2v) is 2.50. The van der Waals surface area contributed by atoms with E-state index in [1.165, 1.54) is 0 Å². The van der Waals surface area contributed by atoms with Crippen LogP contribution in [0.5, 0.6) is 0 Å². The Balaban J connectivity index is 0.000000720. The Morgan fingerprint density at radius 2 is 2.08 bits per heavy atom. The maximum atomic E-state index is 5.48. The van der Waals surface area contributed by atoms with Crippen LogP contribution in [0.2, 0.25) is 0 Å². The van der Waals surface area contributed by atoms with Crippen molar-refractivity contribution in [2.75, 3.05) is 0 Å². The van der Waals surface area contributed by atoms with Crippen LogP contribution >= 0.6 is 24.8 Å². The minimum atomic E-state index is 0. The van der Waals surface area contributed by atoms with E-state index in [0.29, 0.717) is 6.54 Å². The fraction of sp³-hybridized carbons (Fsp3) is 0.125. The maximum absolute atomic E-state index is 5.48. The van der Waals surface area contributed by atoms with Gasteiger partial charge in [-0.3, -0.25) is 5.10 Å². The molecule has 0 aliphatic heterocycles. The SMILES string of the molecule is Cl.Cl.NCc1ccc2[nH]ncc2c1. The summed E-state index contributed by atoms with van der Waals surface area (Å²) in [6, 6.07) is 6.03. The molecule has 5 heteroatoms. The molecule has 0 saturated carbocycles. The van der Waals surface area contributed by atoms with E-state index < -0.39 is 0 Å². The van der Waals surface area contributed by atoms with Crippen LogP contribution in [-0.4, -0.2) is 10.2 Å². The van der Waals surface area contributed by atoms with Gasteiger partial charge in [-0.1, -0.05) is 6.07 Å². The first-order chi connectivity index (χ1) is 5.40. The van der Waals surface area contributed by atoms with E-state index in [4.69, 9.17) is 5.73 Å². The summed E-state index contributed by atoms with van der Waals surface area (Å²) in [7, 11) is 0. The van der Waals surface area contributed by atoms with Crippen molar-refractivity contribution in [3.05, 3.63) is 30.0 Å². The fourth-order valence-electron chi connectivity index (χ4n) is 1.12. The number of nitrogens with one attached hydrogen (secondary N) is 1. The van der Waals surface area contributed by atoms with Crippen LogP contribution in [0.3, 0.4) is 0 Å². The van der Waals surface area contributed by atoms with Crippen molar-refractivity contribution < 1.29 is 0 Å². The average molecular weight is 220 g/mol. The topological polar surface area (TPSA) is 54.7 Å². The lowest BCUT2D eigenvalue weighted by Crippen LogP contribution is -1.94. The molecule has 2 aromatic rings. The molecule has 1 heterocycles. The van der Waals surface area contributed by atoms with Gasteiger partial charge in [-0.25, -0.2) is 0 Å². The summed E-state index contributed by atoms with van der Waals surface area (Å²) < 4.78 is 0. The van der Waals surface area contributed by atoms with Gasteiger partial charge in [-0.05, 0) is 17.7 Å². The maximum Gasteiger partial charge on any atom is 0.0650 e. The number of nitrogens with zero attached hydrogens (tertiary/aromatic N) is 1. The molecular weight excluding hydrogens is 209 g/mol. The number of rotatable bonds is 1. The molecule has 0 fully saturated rings. The highest BCUT2D eigenvalue weighted by atomic mass is 35.5. The lowest BCUT2D eigenvalue weighted by Gasteiger charge is -1.94. The zero-order valence-corrected chi connectivity index (χ0v) is 8.49. The molecule has 0 amide bonds. The van der Waals surface area contributed by atoms with E-state index in [1.807, 2.05) is 18.2 Å². The number of aromatic nitrogens is 2. The third-order valence-electron chi connectivity index (χ3n) is 1.74. The van der Waals surface area contributed by atoms with Gasteiger partial charge < -0.3 is 5.73 Å². The number of nitrogens with two attached hydrogens (primary N) is 1. The monoisotopic (exact) mass is 219 g/mol. The van der Waals surface area contributed by atoms with E-state index in [0.717, 1.165) is 16.5 Å². The van der Waals surface area contributed by atoms with Gasteiger partial charge in [0, 0.05) is 11.9 Å². The number of H-pyrrole nitrogens is 1. The van der Waals surface area contributed by atoms with Crippen molar-refractivity contribution in [2.45, 2.75) is 6.54 Å². The molecule has 0 spiro atoms. The number of fused-ring (bicyclic) bond motifs is 1. The number of halogens is 2. The molecule has 0 aliphatic carbocycles. The molecule has 1 aromatic heterocycles. The van der Waals surface area contributed by atoms with Crippen molar-refractivity contribution in [2.24, 2.45) is 5.73 Å². The zero-order valence-electron chi connectivity index (χ0n) is 6.86. The second kappa shape index (κ2) is 5.07. The normalized spacial score (nSPS) is 9.00. The van der Waals surface area contributed by atoms with Crippen molar-refractivity contribution in [1.29, 1.82) is 0 Å². The lowest BCUT2D eigenvalue weighted by molar-refractivity contribution is 1.07. The van der Waals surface area contributed by atoms with E-state index in [2.05, 4.69) is 10.2 Å². The molecule has 72 valence electrons. The van der Waals surface area contributed by atoms with Crippen LogP contribution in [0, 0.1) is 0 Å². The van der Waals surface area contributed by atoms with Gasteiger partial charge >= 0.3 is 0 Å². The standard InChI is InChI=1S/C8H9N3.2ClH/c9-4-6-1-2-8-7(3-6)5-10-11-8;;/h1-3,5H,4,9H2,(H,10,11);2*1H. The summed E-state index contributed by atoms with van der Waals surface area (Å²) in [4.78, 5) is 0. The summed E-state index contributed by atoms with van der Waals surface area (Å²) in [6.45, 7) is 0.584. The Labute approximate surface area is 88.5 Å². The minimum absolute atomic E-state index is 0. The Bertz CT molecular complexity index is 372. The molecule has 0 saturated heterocycles. The molecule has 0 unspecified atom stereocenters. The summed E-state index contributed by atoms with van der Waals surface area (Å²) in [5.41, 5.74) is 7.67. The fourth-order valence-corrected chi connectivity index (χ4v) is 1.12. The van der Waals surface area contributed by atoms with Crippen LogP contribution in [-0.2, 0) is 6.54 Å². The quantitative estimate of drug-likeness (QED) is 0.770. The summed E-state index contributed by atoms with van der Waals surface area (Å²) in [5, 5.41) is 7.91. The Kier molecular flexibility index (Phi) is 4.77. The second-order valence-electron chi connectivity index (χ2n) is 2.50. The third-order valence-corrected chi connectivity index (χ3v) is 1.74.